The molecule has 234 valence electrons. The highest BCUT2D eigenvalue weighted by Crippen LogP contribution is 2.67. The molecule has 5 rings (SSSR count). The molecule has 1 saturated heterocycles. The number of allylic oxidation sites excluding steroid dienone is 1. The highest BCUT2D eigenvalue weighted by molar-refractivity contribution is 6.01. The lowest BCUT2D eigenvalue weighted by molar-refractivity contribution is -0.197. The van der Waals surface area contributed by atoms with Crippen molar-refractivity contribution in [3.8, 4) is 0 Å². The third kappa shape index (κ3) is 6.08. The number of amides is 2. The molecule has 1 aliphatic heterocycles. The maximum atomic E-state index is 12.6. The standard InChI is InChI=1S/C35H53NO6/c1-22(2)7-6-8-23(3)27-11-12-28-26-10-9-24-21-25(17-19-34(24,4)29(26)18-20-35(27,28)5)41-32(39)15-16-33(40)42-36-30(37)13-14-31(36)38/h9,22-23,25-29H,6-8,10-21H2,1-5H3/t23-,25+,26+,27-,28+,29+,34+,35-/m1/s1. The first kappa shape index (κ1) is 31.3. The van der Waals surface area contributed by atoms with E-state index in [0.717, 1.165) is 55.3 Å². The van der Waals surface area contributed by atoms with Crippen LogP contribution in [0.2, 0.25) is 0 Å². The van der Waals surface area contributed by atoms with Gasteiger partial charge in [0, 0.05) is 19.3 Å². The van der Waals surface area contributed by atoms with E-state index in [4.69, 9.17) is 9.57 Å². The molecule has 0 unspecified atom stereocenters. The fourth-order valence-corrected chi connectivity index (χ4v) is 10.0. The van der Waals surface area contributed by atoms with Gasteiger partial charge in [-0.1, -0.05) is 65.5 Å². The van der Waals surface area contributed by atoms with Crippen molar-refractivity contribution in [3.63, 3.8) is 0 Å². The zero-order valence-corrected chi connectivity index (χ0v) is 26.6. The van der Waals surface area contributed by atoms with Crippen molar-refractivity contribution >= 4 is 23.8 Å². The quantitative estimate of drug-likeness (QED) is 0.152. The molecule has 0 bridgehead atoms. The van der Waals surface area contributed by atoms with Gasteiger partial charge in [0.25, 0.3) is 11.8 Å². The normalized spacial score (nSPS) is 36.7. The molecule has 0 N–H and O–H groups in total. The average Bonchev–Trinajstić information content (AvgIpc) is 3.45. The van der Waals surface area contributed by atoms with Crippen LogP contribution >= 0.6 is 0 Å². The van der Waals surface area contributed by atoms with Crippen molar-refractivity contribution in [3.05, 3.63) is 11.6 Å². The van der Waals surface area contributed by atoms with E-state index in [0.29, 0.717) is 16.4 Å². The van der Waals surface area contributed by atoms with Crippen molar-refractivity contribution in [2.75, 3.05) is 0 Å². The Labute approximate surface area is 252 Å². The number of hydrogen-bond acceptors (Lipinski definition) is 6. The second-order valence-electron chi connectivity index (χ2n) is 15.2. The summed E-state index contributed by atoms with van der Waals surface area (Å²) >= 11 is 0. The zero-order valence-electron chi connectivity index (χ0n) is 26.6. The molecule has 4 aliphatic carbocycles. The number of hydrogen-bond donors (Lipinski definition) is 0. The van der Waals surface area contributed by atoms with E-state index in [1.807, 2.05) is 0 Å². The topological polar surface area (TPSA) is 90.0 Å². The summed E-state index contributed by atoms with van der Waals surface area (Å²) in [7, 11) is 0. The predicted octanol–water partition coefficient (Wildman–Crippen LogP) is 7.33. The molecular formula is C35H53NO6. The van der Waals surface area contributed by atoms with Gasteiger partial charge in [0.1, 0.15) is 6.10 Å². The van der Waals surface area contributed by atoms with Gasteiger partial charge in [0.2, 0.25) is 0 Å². The molecule has 0 aromatic rings. The van der Waals surface area contributed by atoms with Gasteiger partial charge < -0.3 is 9.57 Å². The molecule has 7 nitrogen and oxygen atoms in total. The molecule has 8 atom stereocenters. The van der Waals surface area contributed by atoms with Gasteiger partial charge >= 0.3 is 11.9 Å². The van der Waals surface area contributed by atoms with Crippen LogP contribution in [0.4, 0.5) is 0 Å². The summed E-state index contributed by atoms with van der Waals surface area (Å²) < 4.78 is 5.82. The molecule has 5 aliphatic rings. The summed E-state index contributed by atoms with van der Waals surface area (Å²) in [4.78, 5) is 52.9. The average molecular weight is 584 g/mol. The lowest BCUT2D eigenvalue weighted by Crippen LogP contribution is -2.51. The van der Waals surface area contributed by atoms with Gasteiger partial charge in [-0.15, -0.1) is 5.06 Å². The molecule has 0 aromatic carbocycles. The van der Waals surface area contributed by atoms with Crippen LogP contribution in [-0.4, -0.2) is 34.9 Å². The van der Waals surface area contributed by atoms with Crippen molar-refractivity contribution in [2.45, 2.75) is 137 Å². The Morgan fingerprint density at radius 1 is 0.929 bits per heavy atom. The first-order valence-electron chi connectivity index (χ1n) is 16.9. The van der Waals surface area contributed by atoms with Crippen molar-refractivity contribution in [1.82, 2.24) is 5.06 Å². The number of imide groups is 1. The number of rotatable bonds is 10. The van der Waals surface area contributed by atoms with Gasteiger partial charge in [0.15, 0.2) is 0 Å². The maximum absolute atomic E-state index is 12.6. The number of carbonyl (C=O) groups excluding carboxylic acids is 4. The van der Waals surface area contributed by atoms with Gasteiger partial charge in [0.05, 0.1) is 12.8 Å². The van der Waals surface area contributed by atoms with Gasteiger partial charge in [-0.25, -0.2) is 4.79 Å². The van der Waals surface area contributed by atoms with E-state index >= 15 is 0 Å². The van der Waals surface area contributed by atoms with Gasteiger partial charge in [-0.05, 0) is 91.3 Å². The first-order valence-corrected chi connectivity index (χ1v) is 16.9. The Morgan fingerprint density at radius 3 is 2.36 bits per heavy atom. The Morgan fingerprint density at radius 2 is 1.64 bits per heavy atom. The largest absolute Gasteiger partial charge is 0.462 e. The molecule has 0 aromatic heterocycles. The van der Waals surface area contributed by atoms with E-state index in [1.54, 1.807) is 0 Å². The summed E-state index contributed by atoms with van der Waals surface area (Å²) in [5.74, 6) is 2.54. The predicted molar refractivity (Wildman–Crippen MR) is 159 cm³/mol. The highest BCUT2D eigenvalue weighted by atomic mass is 16.7. The molecule has 42 heavy (non-hydrogen) atoms. The Hall–Kier alpha value is -2.18. The number of carbonyl (C=O) groups is 4. The summed E-state index contributed by atoms with van der Waals surface area (Å²) in [5, 5.41) is 0.520. The minimum atomic E-state index is -0.767. The molecule has 0 spiro atoms. The first-order chi connectivity index (χ1) is 19.9. The fraction of sp³-hybridized carbons (Fsp3) is 0.829. The molecular weight excluding hydrogens is 530 g/mol. The van der Waals surface area contributed by atoms with Crippen molar-refractivity contribution in [2.24, 2.45) is 46.3 Å². The molecule has 2 amide bonds. The monoisotopic (exact) mass is 583 g/mol. The van der Waals surface area contributed by atoms with Crippen LogP contribution in [0.5, 0.6) is 0 Å². The van der Waals surface area contributed by atoms with E-state index in [-0.39, 0.29) is 37.2 Å². The third-order valence-corrected chi connectivity index (χ3v) is 12.3. The maximum Gasteiger partial charge on any atom is 0.333 e. The van der Waals surface area contributed by atoms with Crippen LogP contribution < -0.4 is 0 Å². The summed E-state index contributed by atoms with van der Waals surface area (Å²) in [6.07, 6.45) is 15.5. The van der Waals surface area contributed by atoms with Crippen molar-refractivity contribution in [1.29, 1.82) is 0 Å². The van der Waals surface area contributed by atoms with Crippen LogP contribution in [-0.2, 0) is 28.8 Å². The Bertz CT molecular complexity index is 1080. The molecule has 0 radical (unpaired) electrons. The lowest BCUT2D eigenvalue weighted by Gasteiger charge is -2.58. The Kier molecular flexibility index (Phi) is 9.25. The van der Waals surface area contributed by atoms with Crippen LogP contribution in [0.25, 0.3) is 0 Å². The van der Waals surface area contributed by atoms with Crippen molar-refractivity contribution < 1.29 is 28.8 Å². The molecule has 1 heterocycles. The fourth-order valence-electron chi connectivity index (χ4n) is 10.0. The van der Waals surface area contributed by atoms with E-state index in [1.165, 1.54) is 50.5 Å². The van der Waals surface area contributed by atoms with E-state index < -0.39 is 23.8 Å². The molecule has 4 fully saturated rings. The zero-order chi connectivity index (χ0) is 30.2. The highest BCUT2D eigenvalue weighted by Gasteiger charge is 2.59. The third-order valence-electron chi connectivity index (χ3n) is 12.3. The van der Waals surface area contributed by atoms with Gasteiger partial charge in [-0.2, -0.15) is 0 Å². The minimum absolute atomic E-state index is 0.0461. The Balaban J connectivity index is 1.14. The van der Waals surface area contributed by atoms with Crippen LogP contribution in [0, 0.1) is 46.3 Å². The smallest absolute Gasteiger partial charge is 0.333 e. The number of hydroxylamine groups is 2. The van der Waals surface area contributed by atoms with Gasteiger partial charge in [-0.3, -0.25) is 14.4 Å². The SMILES string of the molecule is CC(C)CCC[C@@H](C)[C@H]1CC[C@H]2[C@@H]3CC=C4C[C@@H](OC(=O)CCC(=O)ON5C(=O)CCC5=O)CC[C@]4(C)[C@H]3CC[C@]12C. The molecule has 3 saturated carbocycles. The number of ether oxygens (including phenoxy) is 1. The number of fused-ring (bicyclic) bond motifs is 5. The molecule has 7 heteroatoms. The second kappa shape index (κ2) is 12.4. The van der Waals surface area contributed by atoms with Crippen LogP contribution in [0.15, 0.2) is 11.6 Å². The van der Waals surface area contributed by atoms with Crippen LogP contribution in [0.1, 0.15) is 131 Å². The minimum Gasteiger partial charge on any atom is -0.462 e. The van der Waals surface area contributed by atoms with E-state index in [2.05, 4.69) is 40.7 Å². The lowest BCUT2D eigenvalue weighted by atomic mass is 9.47. The number of esters is 1. The summed E-state index contributed by atoms with van der Waals surface area (Å²) in [5.41, 5.74) is 2.13. The van der Waals surface area contributed by atoms with E-state index in [9.17, 15) is 19.2 Å². The summed E-state index contributed by atoms with van der Waals surface area (Å²) in [6.45, 7) is 12.3. The summed E-state index contributed by atoms with van der Waals surface area (Å²) in [6, 6.07) is 0. The number of nitrogens with zero attached hydrogens (tertiary/aromatic N) is 1. The van der Waals surface area contributed by atoms with Crippen LogP contribution in [0.3, 0.4) is 0 Å². The second-order valence-corrected chi connectivity index (χ2v) is 15.2.